The number of morpholine rings is 1. The van der Waals surface area contributed by atoms with Crippen LogP contribution < -0.4 is 4.72 Å². The molecule has 1 aromatic rings. The van der Waals surface area contributed by atoms with Crippen LogP contribution in [0.25, 0.3) is 0 Å². The maximum absolute atomic E-state index is 12.5. The monoisotopic (exact) mass is 360 g/mol. The molecule has 1 N–H and O–H groups in total. The highest BCUT2D eigenvalue weighted by molar-refractivity contribution is 7.89. The third-order valence-corrected chi connectivity index (χ3v) is 5.31. The molecular weight excluding hydrogens is 340 g/mol. The third-order valence-electron chi connectivity index (χ3n) is 3.54. The molecule has 1 amide bonds. The van der Waals surface area contributed by atoms with Crippen LogP contribution in [0.4, 0.5) is 0 Å². The minimum absolute atomic E-state index is 0.0355. The first kappa shape index (κ1) is 18.2. The van der Waals surface area contributed by atoms with Gasteiger partial charge in [0.15, 0.2) is 0 Å². The second-order valence-electron chi connectivity index (χ2n) is 5.80. The van der Waals surface area contributed by atoms with Gasteiger partial charge in [0.25, 0.3) is 0 Å². The Morgan fingerprint density at radius 1 is 1.35 bits per heavy atom. The van der Waals surface area contributed by atoms with Gasteiger partial charge in [-0.3, -0.25) is 4.79 Å². The molecule has 0 aliphatic carbocycles. The summed E-state index contributed by atoms with van der Waals surface area (Å²) < 4.78 is 32.7. The van der Waals surface area contributed by atoms with E-state index in [4.69, 9.17) is 16.3 Å². The molecule has 1 aromatic carbocycles. The maximum Gasteiger partial charge on any atom is 0.241 e. The number of carbonyl (C=O) groups excluding carboxylic acids is 1. The predicted octanol–water partition coefficient (Wildman–Crippen LogP) is 1.64. The number of ether oxygens (including phenoxy) is 1. The highest BCUT2D eigenvalue weighted by Gasteiger charge is 2.30. The summed E-state index contributed by atoms with van der Waals surface area (Å²) in [6.07, 6.45) is -0.140. The number of benzene rings is 1. The number of hydrogen-bond donors (Lipinski definition) is 1. The van der Waals surface area contributed by atoms with E-state index in [2.05, 4.69) is 4.72 Å². The van der Waals surface area contributed by atoms with Crippen LogP contribution in [0.3, 0.4) is 0 Å². The number of halogens is 1. The fraction of sp³-hybridized carbons (Fsp3) is 0.533. The molecule has 1 saturated heterocycles. The fourth-order valence-corrected chi connectivity index (χ4v) is 4.11. The van der Waals surface area contributed by atoms with Gasteiger partial charge in [-0.05, 0) is 39.0 Å². The van der Waals surface area contributed by atoms with Crippen LogP contribution in [0.1, 0.15) is 20.8 Å². The maximum atomic E-state index is 12.5. The van der Waals surface area contributed by atoms with E-state index in [1.54, 1.807) is 17.0 Å². The van der Waals surface area contributed by atoms with Crippen LogP contribution >= 0.6 is 11.6 Å². The van der Waals surface area contributed by atoms with Crippen molar-refractivity contribution in [3.8, 4) is 0 Å². The lowest BCUT2D eigenvalue weighted by atomic mass is 10.2. The first-order valence-corrected chi connectivity index (χ1v) is 9.27. The van der Waals surface area contributed by atoms with E-state index in [9.17, 15) is 13.2 Å². The second-order valence-corrected chi connectivity index (χ2v) is 7.95. The smallest absolute Gasteiger partial charge is 0.241 e. The molecule has 1 aliphatic rings. The molecule has 3 atom stereocenters. The first-order chi connectivity index (χ1) is 10.7. The highest BCUT2D eigenvalue weighted by Crippen LogP contribution is 2.17. The summed E-state index contributed by atoms with van der Waals surface area (Å²) in [6.45, 7) is 6.21. The number of sulfonamides is 1. The molecule has 0 saturated carbocycles. The first-order valence-electron chi connectivity index (χ1n) is 7.41. The van der Waals surface area contributed by atoms with Crippen molar-refractivity contribution in [1.29, 1.82) is 0 Å². The van der Waals surface area contributed by atoms with E-state index < -0.39 is 16.1 Å². The Morgan fingerprint density at radius 3 is 2.52 bits per heavy atom. The van der Waals surface area contributed by atoms with E-state index in [-0.39, 0.29) is 23.0 Å². The lowest BCUT2D eigenvalue weighted by molar-refractivity contribution is -0.144. The molecule has 0 bridgehead atoms. The molecule has 0 radical (unpaired) electrons. The van der Waals surface area contributed by atoms with E-state index in [0.29, 0.717) is 18.1 Å². The zero-order chi connectivity index (χ0) is 17.2. The zero-order valence-electron chi connectivity index (χ0n) is 13.3. The van der Waals surface area contributed by atoms with Crippen LogP contribution in [0, 0.1) is 0 Å². The molecule has 23 heavy (non-hydrogen) atoms. The minimum atomic E-state index is -3.81. The molecule has 1 fully saturated rings. The summed E-state index contributed by atoms with van der Waals surface area (Å²) in [5.74, 6) is -0.266. The summed E-state index contributed by atoms with van der Waals surface area (Å²) in [7, 11) is -3.81. The Kier molecular flexibility index (Phi) is 5.67. The molecule has 128 valence electrons. The number of nitrogens with zero attached hydrogens (tertiary/aromatic N) is 1. The fourth-order valence-electron chi connectivity index (χ4n) is 2.62. The van der Waals surface area contributed by atoms with E-state index in [0.717, 1.165) is 0 Å². The molecule has 1 aliphatic heterocycles. The van der Waals surface area contributed by atoms with Crippen molar-refractivity contribution in [3.63, 3.8) is 0 Å². The van der Waals surface area contributed by atoms with Crippen molar-refractivity contribution in [2.45, 2.75) is 43.9 Å². The summed E-state index contributed by atoms with van der Waals surface area (Å²) in [4.78, 5) is 14.1. The summed E-state index contributed by atoms with van der Waals surface area (Å²) in [5, 5.41) is 0.322. The van der Waals surface area contributed by atoms with Crippen molar-refractivity contribution >= 4 is 27.5 Å². The van der Waals surface area contributed by atoms with Gasteiger partial charge in [-0.15, -0.1) is 0 Å². The van der Waals surface area contributed by atoms with Gasteiger partial charge >= 0.3 is 0 Å². The number of rotatable bonds is 4. The van der Waals surface area contributed by atoms with Crippen LogP contribution in [0.5, 0.6) is 0 Å². The van der Waals surface area contributed by atoms with Gasteiger partial charge in [-0.1, -0.05) is 17.7 Å². The second kappa shape index (κ2) is 7.17. The number of nitrogens with one attached hydrogen (secondary N) is 1. The van der Waals surface area contributed by atoms with Gasteiger partial charge < -0.3 is 9.64 Å². The average Bonchev–Trinajstić information content (AvgIpc) is 2.45. The Hall–Kier alpha value is -1.15. The molecule has 6 nitrogen and oxygen atoms in total. The lowest BCUT2D eigenvalue weighted by Crippen LogP contribution is -2.54. The van der Waals surface area contributed by atoms with Crippen LogP contribution in [-0.4, -0.2) is 50.6 Å². The quantitative estimate of drug-likeness (QED) is 0.885. The Bertz CT molecular complexity index is 670. The molecule has 0 aromatic heterocycles. The summed E-state index contributed by atoms with van der Waals surface area (Å²) in [5.41, 5.74) is 0. The molecular formula is C15H21ClN2O4S. The van der Waals surface area contributed by atoms with Crippen molar-refractivity contribution in [1.82, 2.24) is 9.62 Å². The number of amides is 1. The summed E-state index contributed by atoms with van der Waals surface area (Å²) >= 11 is 5.82. The minimum Gasteiger partial charge on any atom is -0.372 e. The normalized spacial score (nSPS) is 23.6. The number of carbonyl (C=O) groups is 1. The van der Waals surface area contributed by atoms with E-state index in [1.165, 1.54) is 19.1 Å². The predicted molar refractivity (Wildman–Crippen MR) is 87.8 cm³/mol. The van der Waals surface area contributed by atoms with Gasteiger partial charge in [-0.25, -0.2) is 8.42 Å². The molecule has 1 heterocycles. The van der Waals surface area contributed by atoms with E-state index >= 15 is 0 Å². The Balaban J connectivity index is 2.08. The molecule has 3 unspecified atom stereocenters. The van der Waals surface area contributed by atoms with Gasteiger partial charge in [0, 0.05) is 18.1 Å². The van der Waals surface area contributed by atoms with Gasteiger partial charge in [0.2, 0.25) is 15.9 Å². The average molecular weight is 361 g/mol. The summed E-state index contributed by atoms with van der Waals surface area (Å²) in [6, 6.07) is 5.06. The van der Waals surface area contributed by atoms with E-state index in [1.807, 2.05) is 13.8 Å². The third kappa shape index (κ3) is 4.67. The topological polar surface area (TPSA) is 75.7 Å². The lowest BCUT2D eigenvalue weighted by Gasteiger charge is -2.36. The van der Waals surface area contributed by atoms with Crippen LogP contribution in [0.15, 0.2) is 29.2 Å². The van der Waals surface area contributed by atoms with Crippen LogP contribution in [0.2, 0.25) is 5.02 Å². The zero-order valence-corrected chi connectivity index (χ0v) is 14.9. The molecule has 8 heteroatoms. The SMILES string of the molecule is CC1CN(C(=O)C(C)NS(=O)(=O)c2cccc(Cl)c2)CC(C)O1. The Morgan fingerprint density at radius 2 is 1.96 bits per heavy atom. The number of hydrogen-bond acceptors (Lipinski definition) is 4. The molecule has 0 spiro atoms. The van der Waals surface area contributed by atoms with Gasteiger partial charge in [0.05, 0.1) is 23.1 Å². The highest BCUT2D eigenvalue weighted by atomic mass is 35.5. The van der Waals surface area contributed by atoms with Crippen molar-refractivity contribution in [3.05, 3.63) is 29.3 Å². The van der Waals surface area contributed by atoms with Crippen molar-refractivity contribution in [2.75, 3.05) is 13.1 Å². The standard InChI is InChI=1S/C15H21ClN2O4S/c1-10-8-18(9-11(2)22-10)15(19)12(3)17-23(20,21)14-6-4-5-13(16)7-14/h4-7,10-12,17H,8-9H2,1-3H3. The largest absolute Gasteiger partial charge is 0.372 e. The van der Waals surface area contributed by atoms with Gasteiger partial charge in [0.1, 0.15) is 0 Å². The van der Waals surface area contributed by atoms with Gasteiger partial charge in [-0.2, -0.15) is 4.72 Å². The van der Waals surface area contributed by atoms with Crippen molar-refractivity contribution in [2.24, 2.45) is 0 Å². The Labute approximate surface area is 141 Å². The van der Waals surface area contributed by atoms with Crippen LogP contribution in [-0.2, 0) is 19.6 Å². The molecule has 2 rings (SSSR count). The van der Waals surface area contributed by atoms with Crippen molar-refractivity contribution < 1.29 is 17.9 Å².